The van der Waals surface area contributed by atoms with E-state index in [1.807, 2.05) is 13.8 Å². The molecule has 0 aromatic carbocycles. The second-order valence-electron chi connectivity index (χ2n) is 3.34. The molecular formula is C7H15NO. The topological polar surface area (TPSA) is 32.3 Å². The Labute approximate surface area is 56.3 Å². The molecule has 1 saturated heterocycles. The summed E-state index contributed by atoms with van der Waals surface area (Å²) in [6.45, 7) is 5.80. The molecule has 54 valence electrons. The molecule has 0 aromatic heterocycles. The monoisotopic (exact) mass is 129 g/mol. The van der Waals surface area contributed by atoms with E-state index in [2.05, 4.69) is 5.32 Å². The Kier molecular flexibility index (Phi) is 1.78. The molecule has 0 bridgehead atoms. The van der Waals surface area contributed by atoms with Gasteiger partial charge >= 0.3 is 0 Å². The second-order valence-corrected chi connectivity index (χ2v) is 3.34. The van der Waals surface area contributed by atoms with Gasteiger partial charge in [0.2, 0.25) is 0 Å². The quantitative estimate of drug-likeness (QED) is 0.536. The zero-order chi connectivity index (χ0) is 6.91. The summed E-state index contributed by atoms with van der Waals surface area (Å²) in [6.07, 6.45) is 1.11. The smallest absolute Gasteiger partial charge is 0.0632 e. The van der Waals surface area contributed by atoms with Crippen molar-refractivity contribution in [2.75, 3.05) is 13.1 Å². The molecule has 0 aliphatic carbocycles. The Morgan fingerprint density at radius 1 is 1.56 bits per heavy atom. The Morgan fingerprint density at radius 3 is 2.44 bits per heavy atom. The lowest BCUT2D eigenvalue weighted by Gasteiger charge is -2.23. The molecule has 1 atom stereocenters. The molecule has 2 nitrogen and oxygen atoms in total. The first-order valence-electron chi connectivity index (χ1n) is 3.54. The van der Waals surface area contributed by atoms with Crippen LogP contribution in [0.2, 0.25) is 0 Å². The van der Waals surface area contributed by atoms with Crippen LogP contribution in [0.4, 0.5) is 0 Å². The molecule has 0 saturated carbocycles. The van der Waals surface area contributed by atoms with E-state index in [4.69, 9.17) is 0 Å². The molecule has 2 heteroatoms. The normalized spacial score (nSPS) is 29.0. The molecule has 9 heavy (non-hydrogen) atoms. The van der Waals surface area contributed by atoms with Crippen LogP contribution in [0, 0.1) is 5.92 Å². The maximum absolute atomic E-state index is 9.48. The summed E-state index contributed by atoms with van der Waals surface area (Å²) in [6, 6.07) is 0. The van der Waals surface area contributed by atoms with Crippen molar-refractivity contribution in [2.45, 2.75) is 25.9 Å². The number of rotatable bonds is 1. The van der Waals surface area contributed by atoms with Gasteiger partial charge in [-0.25, -0.2) is 0 Å². The van der Waals surface area contributed by atoms with E-state index in [-0.39, 0.29) is 0 Å². The molecule has 1 aliphatic rings. The van der Waals surface area contributed by atoms with Gasteiger partial charge in [0.05, 0.1) is 5.60 Å². The van der Waals surface area contributed by atoms with Gasteiger partial charge in [-0.05, 0) is 26.8 Å². The summed E-state index contributed by atoms with van der Waals surface area (Å²) in [5.74, 6) is 0.456. The lowest BCUT2D eigenvalue weighted by Crippen LogP contribution is -2.32. The van der Waals surface area contributed by atoms with Crippen molar-refractivity contribution < 1.29 is 5.11 Å². The Hall–Kier alpha value is -0.0800. The van der Waals surface area contributed by atoms with Gasteiger partial charge in [-0.3, -0.25) is 0 Å². The number of aliphatic hydroxyl groups is 1. The summed E-state index contributed by atoms with van der Waals surface area (Å²) >= 11 is 0. The molecule has 1 rings (SSSR count). The summed E-state index contributed by atoms with van der Waals surface area (Å²) in [7, 11) is 0. The predicted octanol–water partition coefficient (Wildman–Crippen LogP) is 0.367. The SMILES string of the molecule is CC(C)(O)[C@H]1CCNC1. The first-order valence-corrected chi connectivity index (χ1v) is 3.54. The van der Waals surface area contributed by atoms with Crippen LogP contribution in [-0.2, 0) is 0 Å². The Morgan fingerprint density at radius 2 is 2.22 bits per heavy atom. The van der Waals surface area contributed by atoms with Crippen LogP contribution in [0.25, 0.3) is 0 Å². The van der Waals surface area contributed by atoms with Crippen LogP contribution in [0.1, 0.15) is 20.3 Å². The van der Waals surface area contributed by atoms with Crippen molar-refractivity contribution in [3.8, 4) is 0 Å². The maximum atomic E-state index is 9.48. The van der Waals surface area contributed by atoms with Gasteiger partial charge in [0.1, 0.15) is 0 Å². The van der Waals surface area contributed by atoms with Crippen molar-refractivity contribution in [2.24, 2.45) is 5.92 Å². The highest BCUT2D eigenvalue weighted by molar-refractivity contribution is 4.83. The fourth-order valence-corrected chi connectivity index (χ4v) is 1.26. The van der Waals surface area contributed by atoms with Crippen molar-refractivity contribution in [3.63, 3.8) is 0 Å². The first kappa shape index (κ1) is 7.03. The van der Waals surface area contributed by atoms with Gasteiger partial charge in [0.25, 0.3) is 0 Å². The minimum absolute atomic E-state index is 0.456. The van der Waals surface area contributed by atoms with E-state index in [0.717, 1.165) is 19.5 Å². The summed E-state index contributed by atoms with van der Waals surface area (Å²) in [5.41, 5.74) is -0.483. The molecule has 2 N–H and O–H groups in total. The van der Waals surface area contributed by atoms with Crippen molar-refractivity contribution >= 4 is 0 Å². The molecule has 0 amide bonds. The van der Waals surface area contributed by atoms with Gasteiger partial charge in [-0.15, -0.1) is 0 Å². The average molecular weight is 129 g/mol. The van der Waals surface area contributed by atoms with Gasteiger partial charge < -0.3 is 10.4 Å². The van der Waals surface area contributed by atoms with Crippen molar-refractivity contribution in [3.05, 3.63) is 0 Å². The number of hydrogen-bond donors (Lipinski definition) is 2. The minimum atomic E-state index is -0.483. The zero-order valence-corrected chi connectivity index (χ0v) is 6.15. The van der Waals surface area contributed by atoms with Gasteiger partial charge in [-0.2, -0.15) is 0 Å². The van der Waals surface area contributed by atoms with Crippen molar-refractivity contribution in [1.82, 2.24) is 5.32 Å². The largest absolute Gasteiger partial charge is 0.390 e. The fourth-order valence-electron chi connectivity index (χ4n) is 1.26. The average Bonchev–Trinajstić information content (AvgIpc) is 2.08. The molecular weight excluding hydrogens is 114 g/mol. The minimum Gasteiger partial charge on any atom is -0.390 e. The van der Waals surface area contributed by atoms with Crippen LogP contribution >= 0.6 is 0 Å². The van der Waals surface area contributed by atoms with E-state index in [0.29, 0.717) is 5.92 Å². The van der Waals surface area contributed by atoms with Gasteiger partial charge in [-0.1, -0.05) is 0 Å². The third kappa shape index (κ3) is 1.66. The van der Waals surface area contributed by atoms with Crippen LogP contribution in [0.3, 0.4) is 0 Å². The van der Waals surface area contributed by atoms with Crippen LogP contribution < -0.4 is 5.32 Å². The summed E-state index contributed by atoms with van der Waals surface area (Å²) in [5, 5.41) is 12.7. The van der Waals surface area contributed by atoms with E-state index in [9.17, 15) is 5.11 Å². The molecule has 0 radical (unpaired) electrons. The summed E-state index contributed by atoms with van der Waals surface area (Å²) in [4.78, 5) is 0. The van der Waals surface area contributed by atoms with Crippen LogP contribution in [0.15, 0.2) is 0 Å². The van der Waals surface area contributed by atoms with Gasteiger partial charge in [0.15, 0.2) is 0 Å². The van der Waals surface area contributed by atoms with Crippen LogP contribution in [0.5, 0.6) is 0 Å². The summed E-state index contributed by atoms with van der Waals surface area (Å²) < 4.78 is 0. The van der Waals surface area contributed by atoms with E-state index in [1.165, 1.54) is 0 Å². The molecule has 1 heterocycles. The second kappa shape index (κ2) is 2.27. The molecule has 1 fully saturated rings. The van der Waals surface area contributed by atoms with E-state index >= 15 is 0 Å². The maximum Gasteiger partial charge on any atom is 0.0632 e. The molecule has 0 aromatic rings. The Balaban J connectivity index is 2.42. The zero-order valence-electron chi connectivity index (χ0n) is 6.15. The van der Waals surface area contributed by atoms with Crippen molar-refractivity contribution in [1.29, 1.82) is 0 Å². The van der Waals surface area contributed by atoms with Crippen LogP contribution in [-0.4, -0.2) is 23.8 Å². The van der Waals surface area contributed by atoms with Gasteiger partial charge in [0, 0.05) is 12.5 Å². The third-order valence-corrected chi connectivity index (χ3v) is 2.06. The highest BCUT2D eigenvalue weighted by Crippen LogP contribution is 2.21. The fraction of sp³-hybridized carbons (Fsp3) is 1.00. The lowest BCUT2D eigenvalue weighted by molar-refractivity contribution is 0.0256. The third-order valence-electron chi connectivity index (χ3n) is 2.06. The highest BCUT2D eigenvalue weighted by atomic mass is 16.3. The van der Waals surface area contributed by atoms with E-state index < -0.39 is 5.60 Å². The molecule has 0 unspecified atom stereocenters. The number of nitrogens with one attached hydrogen (secondary N) is 1. The van der Waals surface area contributed by atoms with E-state index in [1.54, 1.807) is 0 Å². The lowest BCUT2D eigenvalue weighted by atomic mass is 9.91. The molecule has 0 spiro atoms. The molecule has 1 aliphatic heterocycles. The highest BCUT2D eigenvalue weighted by Gasteiger charge is 2.28. The standard InChI is InChI=1S/C7H15NO/c1-7(2,9)6-3-4-8-5-6/h6,8-9H,3-5H2,1-2H3/t6-/m0/s1. The first-order chi connectivity index (χ1) is 4.11. The number of hydrogen-bond acceptors (Lipinski definition) is 2. The predicted molar refractivity (Wildman–Crippen MR) is 37.3 cm³/mol. The Bertz CT molecular complexity index is 89.6.